The molecule has 0 bridgehead atoms. The van der Waals surface area contributed by atoms with E-state index in [0.717, 1.165) is 47.7 Å². The zero-order valence-electron chi connectivity index (χ0n) is 20.0. The third-order valence-corrected chi connectivity index (χ3v) is 7.65. The Balaban J connectivity index is 1.15. The predicted molar refractivity (Wildman–Crippen MR) is 142 cm³/mol. The standard InChI is InChI=1S/C29H25N3O4S/c33-25(12-11-21-10-5-15-35-21)36-22-9-4-8-20(16-22)27-30-28(34)26-23-13-14-32(17-19-6-2-1-3-7-19)18-24(23)37-29(26)31-27/h1-12,15-16,27,31H,13-14,17-18H2,(H,30,34)/b12-11+. The highest BCUT2D eigenvalue weighted by molar-refractivity contribution is 7.16. The summed E-state index contributed by atoms with van der Waals surface area (Å²) >= 11 is 1.66. The second-order valence-corrected chi connectivity index (χ2v) is 10.2. The zero-order chi connectivity index (χ0) is 25.2. The van der Waals surface area contributed by atoms with E-state index in [-0.39, 0.29) is 5.91 Å². The SMILES string of the molecule is O=C(/C=C/c1ccco1)Oc1cccc(C2NC(=O)c3c(sc4c3CCN(Cc3ccccc3)C4)N2)c1. The van der Waals surface area contributed by atoms with Crippen molar-refractivity contribution >= 4 is 34.3 Å². The summed E-state index contributed by atoms with van der Waals surface area (Å²) in [5.74, 6) is 0.381. The lowest BCUT2D eigenvalue weighted by molar-refractivity contribution is -0.128. The topological polar surface area (TPSA) is 83.8 Å². The number of carbonyl (C=O) groups is 2. The molecule has 2 N–H and O–H groups in total. The van der Waals surface area contributed by atoms with Crippen molar-refractivity contribution in [2.45, 2.75) is 25.7 Å². The number of furan rings is 1. The van der Waals surface area contributed by atoms with Crippen molar-refractivity contribution in [1.29, 1.82) is 0 Å². The van der Waals surface area contributed by atoms with E-state index >= 15 is 0 Å². The Morgan fingerprint density at radius 2 is 2.00 bits per heavy atom. The minimum atomic E-state index is -0.512. The molecular weight excluding hydrogens is 486 g/mol. The quantitative estimate of drug-likeness (QED) is 0.206. The van der Waals surface area contributed by atoms with Gasteiger partial charge in [-0.25, -0.2) is 4.79 Å². The van der Waals surface area contributed by atoms with Crippen molar-refractivity contribution in [3.63, 3.8) is 0 Å². The van der Waals surface area contributed by atoms with Crippen LogP contribution in [0.5, 0.6) is 5.75 Å². The first-order valence-electron chi connectivity index (χ1n) is 12.1. The number of nitrogens with zero attached hydrogens (tertiary/aromatic N) is 1. The van der Waals surface area contributed by atoms with Gasteiger partial charge in [-0.05, 0) is 53.5 Å². The molecule has 0 spiro atoms. The second kappa shape index (κ2) is 10.1. The summed E-state index contributed by atoms with van der Waals surface area (Å²) in [6.07, 6.45) is 4.84. The highest BCUT2D eigenvalue weighted by Gasteiger charge is 2.33. The van der Waals surface area contributed by atoms with E-state index in [9.17, 15) is 9.59 Å². The summed E-state index contributed by atoms with van der Waals surface area (Å²) in [6.45, 7) is 2.65. The molecule has 1 amide bonds. The third-order valence-electron chi connectivity index (χ3n) is 6.50. The Labute approximate surface area is 218 Å². The zero-order valence-corrected chi connectivity index (χ0v) is 20.8. The van der Waals surface area contributed by atoms with E-state index in [2.05, 4.69) is 39.8 Å². The molecule has 1 atom stereocenters. The van der Waals surface area contributed by atoms with Gasteiger partial charge in [-0.2, -0.15) is 0 Å². The maximum absolute atomic E-state index is 13.2. The monoisotopic (exact) mass is 511 g/mol. The molecule has 0 radical (unpaired) electrons. The van der Waals surface area contributed by atoms with Crippen LogP contribution in [0.3, 0.4) is 0 Å². The summed E-state index contributed by atoms with van der Waals surface area (Å²) in [7, 11) is 0. The molecule has 2 aromatic carbocycles. The molecular formula is C29H25N3O4S. The highest BCUT2D eigenvalue weighted by atomic mass is 32.1. The normalized spacial score (nSPS) is 17.1. The van der Waals surface area contributed by atoms with E-state index in [1.807, 2.05) is 12.1 Å². The fraction of sp³-hybridized carbons (Fsp3) is 0.172. The summed E-state index contributed by atoms with van der Waals surface area (Å²) in [5.41, 5.74) is 4.01. The Morgan fingerprint density at radius 3 is 2.84 bits per heavy atom. The summed E-state index contributed by atoms with van der Waals surface area (Å²) < 4.78 is 10.6. The average molecular weight is 512 g/mol. The van der Waals surface area contributed by atoms with Gasteiger partial charge in [-0.15, -0.1) is 11.3 Å². The number of carbonyl (C=O) groups excluding carboxylic acids is 2. The first-order chi connectivity index (χ1) is 18.1. The number of ether oxygens (including phenoxy) is 1. The van der Waals surface area contributed by atoms with Crippen molar-refractivity contribution < 1.29 is 18.7 Å². The predicted octanol–water partition coefficient (Wildman–Crippen LogP) is 5.37. The lowest BCUT2D eigenvalue weighted by Gasteiger charge is -2.28. The molecule has 1 unspecified atom stereocenters. The van der Waals surface area contributed by atoms with Gasteiger partial charge in [-0.1, -0.05) is 42.5 Å². The van der Waals surface area contributed by atoms with Gasteiger partial charge >= 0.3 is 5.97 Å². The maximum atomic E-state index is 13.2. The minimum Gasteiger partial charge on any atom is -0.465 e. The van der Waals surface area contributed by atoms with Gasteiger partial charge in [0.15, 0.2) is 0 Å². The maximum Gasteiger partial charge on any atom is 0.336 e. The number of nitrogens with one attached hydrogen (secondary N) is 2. The molecule has 2 aliphatic rings. The van der Waals surface area contributed by atoms with Gasteiger partial charge in [0.05, 0.1) is 11.8 Å². The molecule has 0 saturated heterocycles. The third kappa shape index (κ3) is 5.07. The van der Waals surface area contributed by atoms with E-state index in [0.29, 0.717) is 11.5 Å². The Bertz CT molecular complexity index is 1460. The van der Waals surface area contributed by atoms with Crippen LogP contribution >= 0.6 is 11.3 Å². The number of esters is 1. The van der Waals surface area contributed by atoms with Crippen LogP contribution in [-0.4, -0.2) is 23.3 Å². The van der Waals surface area contributed by atoms with E-state index in [1.165, 1.54) is 22.8 Å². The van der Waals surface area contributed by atoms with Gasteiger partial charge in [0, 0.05) is 30.6 Å². The van der Waals surface area contributed by atoms with Crippen LogP contribution in [0.1, 0.15) is 43.9 Å². The molecule has 7 nitrogen and oxygen atoms in total. The molecule has 0 aliphatic carbocycles. The van der Waals surface area contributed by atoms with Crippen LogP contribution in [0.4, 0.5) is 5.00 Å². The number of anilines is 1. The second-order valence-electron chi connectivity index (χ2n) is 9.05. The molecule has 0 saturated carbocycles. The fourth-order valence-corrected chi connectivity index (χ4v) is 6.07. The minimum absolute atomic E-state index is 0.0726. The summed E-state index contributed by atoms with van der Waals surface area (Å²) in [6, 6.07) is 21.1. The highest BCUT2D eigenvalue weighted by Crippen LogP contribution is 2.41. The van der Waals surface area contributed by atoms with Gasteiger partial charge in [0.2, 0.25) is 0 Å². The van der Waals surface area contributed by atoms with Gasteiger partial charge in [0.25, 0.3) is 5.91 Å². The lowest BCUT2D eigenvalue weighted by atomic mass is 10.00. The van der Waals surface area contributed by atoms with Crippen LogP contribution < -0.4 is 15.4 Å². The molecule has 8 heteroatoms. The number of hydrogen-bond acceptors (Lipinski definition) is 7. The van der Waals surface area contributed by atoms with Crippen molar-refractivity contribution in [1.82, 2.24) is 10.2 Å². The van der Waals surface area contributed by atoms with Crippen LogP contribution in [0.15, 0.2) is 83.5 Å². The first-order valence-corrected chi connectivity index (χ1v) is 13.0. The average Bonchev–Trinajstić information content (AvgIpc) is 3.56. The van der Waals surface area contributed by atoms with Crippen molar-refractivity contribution in [3.8, 4) is 5.75 Å². The Hall–Kier alpha value is -4.14. The molecule has 37 heavy (non-hydrogen) atoms. The molecule has 4 heterocycles. The number of amides is 1. The smallest absolute Gasteiger partial charge is 0.336 e. The Morgan fingerprint density at radius 1 is 1.11 bits per heavy atom. The molecule has 6 rings (SSSR count). The molecule has 4 aromatic rings. The van der Waals surface area contributed by atoms with E-state index in [1.54, 1.807) is 47.7 Å². The fourth-order valence-electron chi connectivity index (χ4n) is 4.76. The van der Waals surface area contributed by atoms with Gasteiger partial charge in [0.1, 0.15) is 22.7 Å². The van der Waals surface area contributed by atoms with Crippen LogP contribution in [-0.2, 0) is 24.3 Å². The number of benzene rings is 2. The van der Waals surface area contributed by atoms with Crippen molar-refractivity contribution in [3.05, 3.63) is 112 Å². The molecule has 2 aliphatic heterocycles. The first kappa shape index (κ1) is 23.3. The molecule has 186 valence electrons. The van der Waals surface area contributed by atoms with Gasteiger partial charge in [-0.3, -0.25) is 9.69 Å². The van der Waals surface area contributed by atoms with E-state index < -0.39 is 12.1 Å². The van der Waals surface area contributed by atoms with E-state index in [4.69, 9.17) is 9.15 Å². The van der Waals surface area contributed by atoms with Crippen LogP contribution in [0.25, 0.3) is 6.08 Å². The molecule has 0 fully saturated rings. The lowest BCUT2D eigenvalue weighted by Crippen LogP contribution is -2.38. The van der Waals surface area contributed by atoms with Crippen molar-refractivity contribution in [2.24, 2.45) is 0 Å². The largest absolute Gasteiger partial charge is 0.465 e. The van der Waals surface area contributed by atoms with Crippen LogP contribution in [0, 0.1) is 0 Å². The number of thiophene rings is 1. The summed E-state index contributed by atoms with van der Waals surface area (Å²) in [4.78, 5) is 29.1. The number of rotatable bonds is 6. The van der Waals surface area contributed by atoms with Crippen LogP contribution in [0.2, 0.25) is 0 Å². The summed E-state index contributed by atoms with van der Waals surface area (Å²) in [5, 5.41) is 7.46. The molecule has 2 aromatic heterocycles. The van der Waals surface area contributed by atoms with Gasteiger partial charge < -0.3 is 19.8 Å². The Kier molecular flexibility index (Phi) is 6.34. The number of fused-ring (bicyclic) bond motifs is 3. The van der Waals surface area contributed by atoms with Crippen molar-refractivity contribution in [2.75, 3.05) is 11.9 Å². The number of hydrogen-bond donors (Lipinski definition) is 2.